The summed E-state index contributed by atoms with van der Waals surface area (Å²) in [6.45, 7) is 6.88. The molecule has 108 valence electrons. The van der Waals surface area contributed by atoms with Crippen molar-refractivity contribution < 1.29 is 19.1 Å². The summed E-state index contributed by atoms with van der Waals surface area (Å²) in [7, 11) is 0. The number of hydrogen-bond donors (Lipinski definition) is 0. The number of rotatable bonds is 8. The van der Waals surface area contributed by atoms with Crippen LogP contribution in [0.15, 0.2) is 12.7 Å². The average Bonchev–Trinajstić information content (AvgIpc) is 2.88. The molecule has 1 amide bonds. The number of esters is 1. The van der Waals surface area contributed by atoms with Crippen LogP contribution < -0.4 is 0 Å². The first-order valence-corrected chi connectivity index (χ1v) is 6.83. The fourth-order valence-electron chi connectivity index (χ4n) is 2.03. The Balaban J connectivity index is 2.52. The number of carbonyl (C=O) groups excluding carboxylic acids is 2. The van der Waals surface area contributed by atoms with Crippen LogP contribution in [0.2, 0.25) is 0 Å². The summed E-state index contributed by atoms with van der Waals surface area (Å²) >= 11 is 0. The van der Waals surface area contributed by atoms with E-state index in [0.29, 0.717) is 26.0 Å². The van der Waals surface area contributed by atoms with Gasteiger partial charge in [0.05, 0.1) is 12.7 Å². The molecule has 0 unspecified atom stereocenters. The highest BCUT2D eigenvalue weighted by atomic mass is 16.5. The van der Waals surface area contributed by atoms with E-state index >= 15 is 0 Å². The summed E-state index contributed by atoms with van der Waals surface area (Å²) in [5.41, 5.74) is 0. The molecule has 1 rings (SSSR count). The van der Waals surface area contributed by atoms with Crippen LogP contribution in [0.1, 0.15) is 32.6 Å². The molecule has 0 spiro atoms. The molecule has 5 heteroatoms. The van der Waals surface area contributed by atoms with Gasteiger partial charge in [-0.2, -0.15) is 0 Å². The largest absolute Gasteiger partial charge is 0.465 e. The maximum Gasteiger partial charge on any atom is 0.325 e. The van der Waals surface area contributed by atoms with Crippen LogP contribution in [0.3, 0.4) is 0 Å². The Bertz CT molecular complexity index is 311. The van der Waals surface area contributed by atoms with Crippen molar-refractivity contribution in [3.05, 3.63) is 12.7 Å². The molecule has 1 heterocycles. The molecule has 0 radical (unpaired) electrons. The molecular formula is C14H23NO4. The molecule has 1 atom stereocenters. The van der Waals surface area contributed by atoms with Gasteiger partial charge in [0.25, 0.3) is 0 Å². The third-order valence-corrected chi connectivity index (χ3v) is 2.99. The molecular weight excluding hydrogens is 246 g/mol. The lowest BCUT2D eigenvalue weighted by atomic mass is 10.2. The van der Waals surface area contributed by atoms with Gasteiger partial charge in [-0.15, -0.1) is 6.58 Å². The van der Waals surface area contributed by atoms with Crippen LogP contribution in [-0.2, 0) is 19.1 Å². The van der Waals surface area contributed by atoms with Crippen LogP contribution >= 0.6 is 0 Å². The van der Waals surface area contributed by atoms with E-state index in [1.54, 1.807) is 13.0 Å². The Morgan fingerprint density at radius 2 is 2.32 bits per heavy atom. The first-order chi connectivity index (χ1) is 9.17. The Hall–Kier alpha value is -1.36. The average molecular weight is 269 g/mol. The van der Waals surface area contributed by atoms with E-state index in [-0.39, 0.29) is 24.5 Å². The summed E-state index contributed by atoms with van der Waals surface area (Å²) in [6, 6.07) is 0. The summed E-state index contributed by atoms with van der Waals surface area (Å²) < 4.78 is 10.4. The molecule has 5 nitrogen and oxygen atoms in total. The van der Waals surface area contributed by atoms with E-state index in [1.165, 1.54) is 4.90 Å². The fraction of sp³-hybridized carbons (Fsp3) is 0.714. The smallest absolute Gasteiger partial charge is 0.325 e. The molecule has 0 aromatic carbocycles. The van der Waals surface area contributed by atoms with Gasteiger partial charge in [-0.1, -0.05) is 6.08 Å². The topological polar surface area (TPSA) is 55.8 Å². The predicted molar refractivity (Wildman–Crippen MR) is 71.6 cm³/mol. The van der Waals surface area contributed by atoms with E-state index in [2.05, 4.69) is 6.58 Å². The van der Waals surface area contributed by atoms with Crippen LogP contribution in [-0.4, -0.2) is 49.2 Å². The van der Waals surface area contributed by atoms with Gasteiger partial charge in [0.1, 0.15) is 6.54 Å². The van der Waals surface area contributed by atoms with Gasteiger partial charge >= 0.3 is 5.97 Å². The Morgan fingerprint density at radius 1 is 1.53 bits per heavy atom. The second kappa shape index (κ2) is 8.69. The highest BCUT2D eigenvalue weighted by Crippen LogP contribution is 2.14. The highest BCUT2D eigenvalue weighted by molar-refractivity contribution is 5.82. The lowest BCUT2D eigenvalue weighted by molar-refractivity contribution is -0.149. The first-order valence-electron chi connectivity index (χ1n) is 6.83. The molecule has 0 bridgehead atoms. The summed E-state index contributed by atoms with van der Waals surface area (Å²) in [5, 5.41) is 0. The quantitative estimate of drug-likeness (QED) is 0.495. The summed E-state index contributed by atoms with van der Waals surface area (Å²) in [5.74, 6) is -0.420. The number of hydrogen-bond acceptors (Lipinski definition) is 4. The predicted octanol–water partition coefficient (Wildman–Crippen LogP) is 1.52. The Morgan fingerprint density at radius 3 is 2.89 bits per heavy atom. The van der Waals surface area contributed by atoms with Gasteiger partial charge in [-0.05, 0) is 26.2 Å². The molecule has 1 saturated heterocycles. The number of nitrogens with zero attached hydrogens (tertiary/aromatic N) is 1. The maximum atomic E-state index is 12.0. The lowest BCUT2D eigenvalue weighted by Crippen LogP contribution is -2.41. The van der Waals surface area contributed by atoms with Crippen LogP contribution in [0.25, 0.3) is 0 Å². The monoisotopic (exact) mass is 269 g/mol. The fourth-order valence-corrected chi connectivity index (χ4v) is 2.03. The maximum absolute atomic E-state index is 12.0. The summed E-state index contributed by atoms with van der Waals surface area (Å²) in [6.07, 6.45) is 4.68. The number of ether oxygens (including phenoxy) is 2. The molecule has 1 aliphatic rings. The third-order valence-electron chi connectivity index (χ3n) is 2.99. The highest BCUT2D eigenvalue weighted by Gasteiger charge is 2.24. The van der Waals surface area contributed by atoms with E-state index in [4.69, 9.17) is 9.47 Å². The van der Waals surface area contributed by atoms with Crippen molar-refractivity contribution in [2.45, 2.75) is 38.7 Å². The molecule has 0 aromatic heterocycles. The van der Waals surface area contributed by atoms with Gasteiger partial charge in [0.2, 0.25) is 5.91 Å². The number of carbonyl (C=O) groups is 2. The van der Waals surface area contributed by atoms with E-state index in [9.17, 15) is 9.59 Å². The van der Waals surface area contributed by atoms with Crippen molar-refractivity contribution in [2.75, 3.05) is 26.3 Å². The second-order valence-electron chi connectivity index (χ2n) is 4.54. The molecule has 0 aromatic rings. The molecule has 0 aliphatic carbocycles. The van der Waals surface area contributed by atoms with Crippen molar-refractivity contribution in [1.82, 2.24) is 4.90 Å². The van der Waals surface area contributed by atoms with Crippen molar-refractivity contribution in [1.29, 1.82) is 0 Å². The molecule has 1 aliphatic heterocycles. The van der Waals surface area contributed by atoms with Crippen molar-refractivity contribution in [2.24, 2.45) is 0 Å². The minimum atomic E-state index is -0.368. The van der Waals surface area contributed by atoms with E-state index < -0.39 is 0 Å². The van der Waals surface area contributed by atoms with Crippen LogP contribution in [0.5, 0.6) is 0 Å². The summed E-state index contributed by atoms with van der Waals surface area (Å²) in [4.78, 5) is 25.1. The minimum absolute atomic E-state index is 0.00365. The van der Waals surface area contributed by atoms with E-state index in [0.717, 1.165) is 19.4 Å². The second-order valence-corrected chi connectivity index (χ2v) is 4.54. The van der Waals surface area contributed by atoms with Gasteiger partial charge in [0, 0.05) is 19.6 Å². The third kappa shape index (κ3) is 5.87. The van der Waals surface area contributed by atoms with Gasteiger partial charge in [0.15, 0.2) is 0 Å². The Kier molecular flexibility index (Phi) is 7.18. The zero-order valence-electron chi connectivity index (χ0n) is 11.6. The normalized spacial score (nSPS) is 18.1. The first kappa shape index (κ1) is 15.7. The van der Waals surface area contributed by atoms with E-state index in [1.807, 2.05) is 0 Å². The Labute approximate surface area is 114 Å². The number of amides is 1. The van der Waals surface area contributed by atoms with Crippen molar-refractivity contribution in [3.8, 4) is 0 Å². The standard InChI is InChI=1S/C14H23NO4/c1-3-5-8-13(16)15(11-14(17)18-4-2)10-12-7-6-9-19-12/h3,12H,1,4-11H2,2H3/t12-/m1/s1. The van der Waals surface area contributed by atoms with Gasteiger partial charge < -0.3 is 14.4 Å². The SMILES string of the molecule is C=CCCC(=O)N(CC(=O)OCC)C[C@H]1CCCO1. The molecule has 0 saturated carbocycles. The van der Waals surface area contributed by atoms with Crippen molar-refractivity contribution >= 4 is 11.9 Å². The lowest BCUT2D eigenvalue weighted by Gasteiger charge is -2.24. The minimum Gasteiger partial charge on any atom is -0.465 e. The van der Waals surface area contributed by atoms with Crippen LogP contribution in [0, 0.1) is 0 Å². The zero-order chi connectivity index (χ0) is 14.1. The van der Waals surface area contributed by atoms with Gasteiger partial charge in [-0.25, -0.2) is 0 Å². The molecule has 19 heavy (non-hydrogen) atoms. The number of allylic oxidation sites excluding steroid dienone is 1. The van der Waals surface area contributed by atoms with Crippen LogP contribution in [0.4, 0.5) is 0 Å². The zero-order valence-corrected chi connectivity index (χ0v) is 11.6. The molecule has 1 fully saturated rings. The van der Waals surface area contributed by atoms with Gasteiger partial charge in [-0.3, -0.25) is 9.59 Å². The van der Waals surface area contributed by atoms with Crippen molar-refractivity contribution in [3.63, 3.8) is 0 Å². The molecule has 0 N–H and O–H groups in total.